The minimum Gasteiger partial charge on any atom is -0.389 e. The molecule has 2 nitrogen and oxygen atoms in total. The second-order valence-electron chi connectivity index (χ2n) is 4.51. The lowest BCUT2D eigenvalue weighted by Gasteiger charge is -2.30. The molecule has 0 aliphatic heterocycles. The molecule has 0 saturated heterocycles. The smallest absolute Gasteiger partial charge is 0.146 e. The number of nitrogens with two attached hydrogens (primary N) is 1. The third-order valence-electron chi connectivity index (χ3n) is 3.58. The van der Waals surface area contributed by atoms with Crippen molar-refractivity contribution in [1.29, 1.82) is 0 Å². The van der Waals surface area contributed by atoms with Gasteiger partial charge in [0.25, 0.3) is 0 Å². The largest absolute Gasteiger partial charge is 0.389 e. The lowest BCUT2D eigenvalue weighted by molar-refractivity contribution is 0.570. The topological polar surface area (TPSA) is 38.0 Å². The summed E-state index contributed by atoms with van der Waals surface area (Å²) in [5, 5.41) is 3.19. The molecule has 0 fully saturated rings. The van der Waals surface area contributed by atoms with Crippen LogP contribution in [0.25, 0.3) is 0 Å². The maximum Gasteiger partial charge on any atom is 0.146 e. The SMILES string of the molecule is CCC(CC)(CNc1ccc(C(N)=S)cc1F)SC. The Morgan fingerprint density at radius 1 is 1.42 bits per heavy atom. The van der Waals surface area contributed by atoms with Crippen LogP contribution in [-0.4, -0.2) is 22.5 Å². The van der Waals surface area contributed by atoms with Gasteiger partial charge in [-0.3, -0.25) is 0 Å². The molecule has 0 aliphatic rings. The number of benzene rings is 1. The Labute approximate surface area is 124 Å². The lowest BCUT2D eigenvalue weighted by Crippen LogP contribution is -2.32. The van der Waals surface area contributed by atoms with Crippen LogP contribution in [0.15, 0.2) is 18.2 Å². The molecule has 19 heavy (non-hydrogen) atoms. The van der Waals surface area contributed by atoms with Gasteiger partial charge in [0.1, 0.15) is 10.8 Å². The van der Waals surface area contributed by atoms with Crippen molar-refractivity contribution in [3.8, 4) is 0 Å². The minimum atomic E-state index is -0.312. The molecule has 0 bridgehead atoms. The van der Waals surface area contributed by atoms with Crippen molar-refractivity contribution in [3.63, 3.8) is 0 Å². The van der Waals surface area contributed by atoms with Gasteiger partial charge in [0.2, 0.25) is 0 Å². The zero-order chi connectivity index (χ0) is 14.5. The van der Waals surface area contributed by atoms with Crippen molar-refractivity contribution in [1.82, 2.24) is 0 Å². The zero-order valence-corrected chi connectivity index (χ0v) is 13.3. The Hall–Kier alpha value is -0.810. The van der Waals surface area contributed by atoms with Gasteiger partial charge in [-0.2, -0.15) is 11.8 Å². The third kappa shape index (κ3) is 4.08. The van der Waals surface area contributed by atoms with Crippen LogP contribution in [0.4, 0.5) is 10.1 Å². The minimum absolute atomic E-state index is 0.147. The summed E-state index contributed by atoms with van der Waals surface area (Å²) in [6.07, 6.45) is 4.19. The molecule has 0 heterocycles. The van der Waals surface area contributed by atoms with Crippen molar-refractivity contribution in [2.24, 2.45) is 5.73 Å². The highest BCUT2D eigenvalue weighted by Gasteiger charge is 2.24. The highest BCUT2D eigenvalue weighted by atomic mass is 32.2. The first-order valence-corrected chi connectivity index (χ1v) is 7.99. The second-order valence-corrected chi connectivity index (χ2v) is 6.22. The van der Waals surface area contributed by atoms with E-state index in [4.69, 9.17) is 18.0 Å². The van der Waals surface area contributed by atoms with Crippen LogP contribution >= 0.6 is 24.0 Å². The Balaban J connectivity index is 2.80. The van der Waals surface area contributed by atoms with Crippen molar-refractivity contribution in [2.45, 2.75) is 31.4 Å². The van der Waals surface area contributed by atoms with E-state index in [-0.39, 0.29) is 15.6 Å². The van der Waals surface area contributed by atoms with Gasteiger partial charge in [0.15, 0.2) is 0 Å². The van der Waals surface area contributed by atoms with E-state index in [0.29, 0.717) is 11.3 Å². The molecule has 0 amide bonds. The molecule has 0 atom stereocenters. The van der Waals surface area contributed by atoms with Gasteiger partial charge < -0.3 is 11.1 Å². The number of nitrogens with one attached hydrogen (secondary N) is 1. The average Bonchev–Trinajstić information content (AvgIpc) is 2.42. The summed E-state index contributed by atoms with van der Waals surface area (Å²) in [7, 11) is 0. The highest BCUT2D eigenvalue weighted by Crippen LogP contribution is 2.31. The number of thiocarbonyl (C=S) groups is 1. The molecule has 1 aromatic rings. The molecule has 0 aliphatic carbocycles. The van der Waals surface area contributed by atoms with Crippen molar-refractivity contribution in [3.05, 3.63) is 29.6 Å². The Morgan fingerprint density at radius 2 is 2.05 bits per heavy atom. The standard InChI is InChI=1S/C14H21FN2S2/c1-4-14(5-2,19-3)9-17-12-7-6-10(13(16)18)8-11(12)15/h6-8,17H,4-5,9H2,1-3H3,(H2,16,18). The first-order chi connectivity index (χ1) is 8.98. The van der Waals surface area contributed by atoms with E-state index in [9.17, 15) is 4.39 Å². The van der Waals surface area contributed by atoms with Gasteiger partial charge >= 0.3 is 0 Å². The predicted octanol–water partition coefficient (Wildman–Crippen LogP) is 3.79. The summed E-state index contributed by atoms with van der Waals surface area (Å²) in [5.74, 6) is -0.312. The summed E-state index contributed by atoms with van der Waals surface area (Å²) in [4.78, 5) is 0.214. The summed E-state index contributed by atoms with van der Waals surface area (Å²) >= 11 is 6.66. The van der Waals surface area contributed by atoms with Gasteiger partial charge in [0, 0.05) is 16.9 Å². The summed E-state index contributed by atoms with van der Waals surface area (Å²) in [5.41, 5.74) is 6.54. The molecule has 1 aromatic carbocycles. The lowest BCUT2D eigenvalue weighted by atomic mass is 10.0. The fraction of sp³-hybridized carbons (Fsp3) is 0.500. The zero-order valence-electron chi connectivity index (χ0n) is 11.6. The summed E-state index contributed by atoms with van der Waals surface area (Å²) in [6.45, 7) is 5.06. The third-order valence-corrected chi connectivity index (χ3v) is 5.40. The van der Waals surface area contributed by atoms with Gasteiger partial charge in [-0.05, 0) is 37.3 Å². The van der Waals surface area contributed by atoms with E-state index in [1.54, 1.807) is 12.1 Å². The number of anilines is 1. The van der Waals surface area contributed by atoms with Crippen LogP contribution in [-0.2, 0) is 0 Å². The van der Waals surface area contributed by atoms with Crippen LogP contribution in [0.5, 0.6) is 0 Å². The second kappa shape index (κ2) is 7.10. The Morgan fingerprint density at radius 3 is 2.47 bits per heavy atom. The molecule has 0 radical (unpaired) electrons. The van der Waals surface area contributed by atoms with E-state index in [1.165, 1.54) is 6.07 Å². The predicted molar refractivity (Wildman–Crippen MR) is 87.6 cm³/mol. The van der Waals surface area contributed by atoms with Crippen molar-refractivity contribution < 1.29 is 4.39 Å². The first kappa shape index (κ1) is 16.2. The van der Waals surface area contributed by atoms with Crippen LogP contribution in [0.2, 0.25) is 0 Å². The fourth-order valence-corrected chi connectivity index (χ4v) is 2.85. The number of hydrogen-bond acceptors (Lipinski definition) is 3. The Kier molecular flexibility index (Phi) is 6.07. The van der Waals surface area contributed by atoms with E-state index < -0.39 is 0 Å². The number of rotatable bonds is 7. The molecular weight excluding hydrogens is 279 g/mol. The van der Waals surface area contributed by atoms with Crippen LogP contribution in [0.1, 0.15) is 32.3 Å². The van der Waals surface area contributed by atoms with Gasteiger partial charge in [-0.25, -0.2) is 4.39 Å². The number of thioether (sulfide) groups is 1. The first-order valence-electron chi connectivity index (χ1n) is 6.36. The van der Waals surface area contributed by atoms with Crippen LogP contribution < -0.4 is 11.1 Å². The van der Waals surface area contributed by atoms with Crippen molar-refractivity contribution >= 4 is 34.7 Å². The molecule has 0 spiro atoms. The van der Waals surface area contributed by atoms with E-state index in [0.717, 1.165) is 19.4 Å². The highest BCUT2D eigenvalue weighted by molar-refractivity contribution is 8.00. The molecule has 0 unspecified atom stereocenters. The molecule has 106 valence electrons. The quantitative estimate of drug-likeness (QED) is 0.751. The van der Waals surface area contributed by atoms with Gasteiger partial charge in [-0.1, -0.05) is 26.1 Å². The van der Waals surface area contributed by atoms with Gasteiger partial charge in [-0.15, -0.1) is 0 Å². The Bertz CT molecular complexity index is 437. The van der Waals surface area contributed by atoms with E-state index in [1.807, 2.05) is 11.8 Å². The molecule has 3 N–H and O–H groups in total. The maximum absolute atomic E-state index is 13.9. The monoisotopic (exact) mass is 300 g/mol. The molecule has 0 aromatic heterocycles. The molecular formula is C14H21FN2S2. The molecule has 5 heteroatoms. The average molecular weight is 300 g/mol. The van der Waals surface area contributed by atoms with Crippen LogP contribution in [0, 0.1) is 5.82 Å². The van der Waals surface area contributed by atoms with E-state index in [2.05, 4.69) is 25.4 Å². The normalized spacial score (nSPS) is 11.4. The van der Waals surface area contributed by atoms with Gasteiger partial charge in [0.05, 0.1) is 5.69 Å². The van der Waals surface area contributed by atoms with E-state index >= 15 is 0 Å². The molecule has 1 rings (SSSR count). The van der Waals surface area contributed by atoms with Crippen LogP contribution in [0.3, 0.4) is 0 Å². The summed E-state index contributed by atoms with van der Waals surface area (Å²) < 4.78 is 14.1. The number of halogens is 1. The fourth-order valence-electron chi connectivity index (χ4n) is 1.93. The number of hydrogen-bond donors (Lipinski definition) is 2. The van der Waals surface area contributed by atoms with Crippen molar-refractivity contribution in [2.75, 3.05) is 18.1 Å². The molecule has 0 saturated carbocycles. The maximum atomic E-state index is 13.9. The summed E-state index contributed by atoms with van der Waals surface area (Å²) in [6, 6.07) is 4.82.